The molecule has 0 bridgehead atoms. The minimum atomic E-state index is -0.482. The maximum atomic E-state index is 10.7. The van der Waals surface area contributed by atoms with E-state index in [0.29, 0.717) is 11.6 Å². The summed E-state index contributed by atoms with van der Waals surface area (Å²) in [5.74, 6) is 0.859. The van der Waals surface area contributed by atoms with Crippen LogP contribution in [0.1, 0.15) is 12.8 Å². The zero-order chi connectivity index (χ0) is 10.8. The summed E-state index contributed by atoms with van der Waals surface area (Å²) in [6.07, 6.45) is 3.28. The van der Waals surface area contributed by atoms with Crippen molar-refractivity contribution in [3.8, 4) is 5.75 Å². The Morgan fingerprint density at radius 3 is 2.93 bits per heavy atom. The molecule has 0 spiro atoms. The van der Waals surface area contributed by atoms with Crippen LogP contribution in [0.5, 0.6) is 5.75 Å². The first-order valence-corrected chi connectivity index (χ1v) is 4.69. The third-order valence-corrected chi connectivity index (χ3v) is 2.12. The highest BCUT2D eigenvalue weighted by atomic mass is 16.6. The average Bonchev–Trinajstić information content (AvgIpc) is 3.01. The molecular weight excluding hydrogens is 198 g/mol. The Bertz CT molecular complexity index is 390. The summed E-state index contributed by atoms with van der Waals surface area (Å²) in [5, 5.41) is 13.5. The van der Waals surface area contributed by atoms with E-state index >= 15 is 0 Å². The van der Waals surface area contributed by atoms with Gasteiger partial charge in [0.15, 0.2) is 0 Å². The van der Waals surface area contributed by atoms with E-state index in [2.05, 4.69) is 10.3 Å². The maximum Gasteiger partial charge on any atom is 0.329 e. The van der Waals surface area contributed by atoms with Crippen molar-refractivity contribution in [2.75, 3.05) is 12.4 Å². The van der Waals surface area contributed by atoms with Gasteiger partial charge in [-0.1, -0.05) is 0 Å². The first-order chi connectivity index (χ1) is 7.20. The number of rotatable bonds is 4. The van der Waals surface area contributed by atoms with Crippen molar-refractivity contribution in [3.63, 3.8) is 0 Å². The highest BCUT2D eigenvalue weighted by molar-refractivity contribution is 5.52. The van der Waals surface area contributed by atoms with Gasteiger partial charge in [-0.05, 0) is 12.8 Å². The summed E-state index contributed by atoms with van der Waals surface area (Å²) in [5.41, 5.74) is -0.0825. The fourth-order valence-corrected chi connectivity index (χ4v) is 1.16. The molecule has 2 rings (SSSR count). The summed E-state index contributed by atoms with van der Waals surface area (Å²) < 4.78 is 5.44. The molecule has 0 unspecified atom stereocenters. The highest BCUT2D eigenvalue weighted by Crippen LogP contribution is 2.34. The minimum Gasteiger partial charge on any atom is -0.483 e. The fraction of sp³-hybridized carbons (Fsp3) is 0.444. The number of anilines is 1. The Labute approximate surface area is 86.4 Å². The van der Waals surface area contributed by atoms with E-state index in [1.807, 2.05) is 0 Å². The highest BCUT2D eigenvalue weighted by Gasteiger charge is 2.27. The second-order valence-corrected chi connectivity index (χ2v) is 3.36. The zero-order valence-corrected chi connectivity index (χ0v) is 8.27. The van der Waals surface area contributed by atoms with E-state index in [0.717, 1.165) is 12.8 Å². The Morgan fingerprint density at radius 2 is 2.40 bits per heavy atom. The molecule has 0 amide bonds. The summed E-state index contributed by atoms with van der Waals surface area (Å²) in [6.45, 7) is 0. The van der Waals surface area contributed by atoms with Crippen LogP contribution in [0.4, 0.5) is 11.5 Å². The summed E-state index contributed by atoms with van der Waals surface area (Å²) in [6, 6.07) is 1.55. The van der Waals surface area contributed by atoms with Gasteiger partial charge >= 0.3 is 5.69 Å². The van der Waals surface area contributed by atoms with E-state index in [4.69, 9.17) is 4.74 Å². The van der Waals surface area contributed by atoms with Gasteiger partial charge < -0.3 is 10.1 Å². The van der Waals surface area contributed by atoms with Crippen molar-refractivity contribution < 1.29 is 9.66 Å². The van der Waals surface area contributed by atoms with Crippen molar-refractivity contribution in [3.05, 3.63) is 22.4 Å². The van der Waals surface area contributed by atoms with Crippen LogP contribution in [0.3, 0.4) is 0 Å². The molecule has 1 heterocycles. The second kappa shape index (κ2) is 3.72. The summed E-state index contributed by atoms with van der Waals surface area (Å²) in [4.78, 5) is 14.1. The Balaban J connectivity index is 2.30. The lowest BCUT2D eigenvalue weighted by Crippen LogP contribution is -2.02. The molecule has 80 valence electrons. The maximum absolute atomic E-state index is 10.7. The Morgan fingerprint density at radius 1 is 1.67 bits per heavy atom. The summed E-state index contributed by atoms with van der Waals surface area (Å²) >= 11 is 0. The quantitative estimate of drug-likeness (QED) is 0.601. The van der Waals surface area contributed by atoms with E-state index in [-0.39, 0.29) is 11.8 Å². The van der Waals surface area contributed by atoms with Gasteiger partial charge in [-0.15, -0.1) is 0 Å². The van der Waals surface area contributed by atoms with Gasteiger partial charge in [0.1, 0.15) is 12.0 Å². The molecule has 1 aromatic rings. The average molecular weight is 209 g/mol. The smallest absolute Gasteiger partial charge is 0.329 e. The zero-order valence-electron chi connectivity index (χ0n) is 8.27. The van der Waals surface area contributed by atoms with E-state index in [9.17, 15) is 10.1 Å². The third-order valence-electron chi connectivity index (χ3n) is 2.12. The van der Waals surface area contributed by atoms with Crippen molar-refractivity contribution in [2.45, 2.75) is 18.9 Å². The van der Waals surface area contributed by atoms with Gasteiger partial charge in [-0.2, -0.15) is 0 Å². The standard InChI is InChI=1S/C9H11N3O3/c1-10-9-4-8(15-6-2-3-6)7(5-11-9)12(13)14/h4-6H,2-3H2,1H3,(H,10,11). The van der Waals surface area contributed by atoms with Gasteiger partial charge in [0.25, 0.3) is 0 Å². The largest absolute Gasteiger partial charge is 0.483 e. The number of aromatic nitrogens is 1. The van der Waals surface area contributed by atoms with Crippen LogP contribution in [-0.4, -0.2) is 23.1 Å². The molecule has 6 nitrogen and oxygen atoms in total. The molecule has 0 saturated heterocycles. The molecule has 1 N–H and O–H groups in total. The number of nitro groups is 1. The van der Waals surface area contributed by atoms with Crippen LogP contribution in [0.2, 0.25) is 0 Å². The van der Waals surface area contributed by atoms with E-state index in [1.54, 1.807) is 13.1 Å². The molecule has 0 aromatic carbocycles. The Kier molecular flexibility index (Phi) is 2.40. The lowest BCUT2D eigenvalue weighted by atomic mass is 10.3. The topological polar surface area (TPSA) is 77.3 Å². The molecule has 1 aliphatic carbocycles. The van der Waals surface area contributed by atoms with Crippen molar-refractivity contribution in [1.82, 2.24) is 4.98 Å². The molecule has 0 atom stereocenters. The van der Waals surface area contributed by atoms with Gasteiger partial charge in [-0.25, -0.2) is 4.98 Å². The molecule has 1 saturated carbocycles. The van der Waals surface area contributed by atoms with Crippen LogP contribution in [0, 0.1) is 10.1 Å². The van der Waals surface area contributed by atoms with E-state index in [1.165, 1.54) is 6.20 Å². The molecule has 1 fully saturated rings. The molecule has 15 heavy (non-hydrogen) atoms. The second-order valence-electron chi connectivity index (χ2n) is 3.36. The number of hydrogen-bond acceptors (Lipinski definition) is 5. The first-order valence-electron chi connectivity index (χ1n) is 4.69. The van der Waals surface area contributed by atoms with Gasteiger partial charge in [0, 0.05) is 13.1 Å². The predicted molar refractivity (Wildman–Crippen MR) is 54.1 cm³/mol. The normalized spacial score (nSPS) is 14.7. The monoisotopic (exact) mass is 209 g/mol. The van der Waals surface area contributed by atoms with Crippen LogP contribution in [0.25, 0.3) is 0 Å². The number of pyridine rings is 1. The SMILES string of the molecule is CNc1cc(OC2CC2)c([N+](=O)[O-])cn1. The van der Waals surface area contributed by atoms with Crippen molar-refractivity contribution in [2.24, 2.45) is 0 Å². The van der Waals surface area contributed by atoms with Gasteiger partial charge in [0.2, 0.25) is 5.75 Å². The van der Waals surface area contributed by atoms with Crippen LogP contribution in [0.15, 0.2) is 12.3 Å². The van der Waals surface area contributed by atoms with Crippen molar-refractivity contribution in [1.29, 1.82) is 0 Å². The molecule has 6 heteroatoms. The molecule has 0 aliphatic heterocycles. The minimum absolute atomic E-state index is 0.0825. The number of ether oxygens (including phenoxy) is 1. The molecular formula is C9H11N3O3. The number of nitrogens with zero attached hydrogens (tertiary/aromatic N) is 2. The van der Waals surface area contributed by atoms with Crippen molar-refractivity contribution >= 4 is 11.5 Å². The lowest BCUT2D eigenvalue weighted by Gasteiger charge is -2.06. The number of nitrogens with one attached hydrogen (secondary N) is 1. The number of hydrogen-bond donors (Lipinski definition) is 1. The Hall–Kier alpha value is -1.85. The van der Waals surface area contributed by atoms with E-state index < -0.39 is 4.92 Å². The van der Waals surface area contributed by atoms with Crippen LogP contribution >= 0.6 is 0 Å². The predicted octanol–water partition coefficient (Wildman–Crippen LogP) is 1.57. The molecule has 1 aromatic heterocycles. The van der Waals surface area contributed by atoms with Crippen LogP contribution in [-0.2, 0) is 0 Å². The third kappa shape index (κ3) is 2.15. The summed E-state index contributed by atoms with van der Waals surface area (Å²) in [7, 11) is 1.70. The molecule has 0 radical (unpaired) electrons. The van der Waals surface area contributed by atoms with Gasteiger partial charge in [0.05, 0.1) is 11.0 Å². The molecule has 1 aliphatic rings. The fourth-order valence-electron chi connectivity index (χ4n) is 1.16. The first kappa shape index (κ1) is 9.70. The van der Waals surface area contributed by atoms with Crippen LogP contribution < -0.4 is 10.1 Å². The lowest BCUT2D eigenvalue weighted by molar-refractivity contribution is -0.386. The van der Waals surface area contributed by atoms with Gasteiger partial charge in [-0.3, -0.25) is 10.1 Å².